The van der Waals surface area contributed by atoms with Crippen LogP contribution >= 0.6 is 0 Å². The van der Waals surface area contributed by atoms with Gasteiger partial charge in [-0.25, -0.2) is 4.79 Å². The summed E-state index contributed by atoms with van der Waals surface area (Å²) in [6.07, 6.45) is 0. The first-order valence-electron chi connectivity index (χ1n) is 6.67. The number of benzene rings is 2. The lowest BCUT2D eigenvalue weighted by Gasteiger charge is -2.07. The standard InChI is InChI=1S/C17H17NO3/c1-12-5-3-7-14(9-12)17(20)18-11-16(19)21-15-8-4-6-13(2)10-15/h3-10H,11H2,1-2H3,(H,18,20). The van der Waals surface area contributed by atoms with E-state index in [-0.39, 0.29) is 12.5 Å². The summed E-state index contributed by atoms with van der Waals surface area (Å²) >= 11 is 0. The maximum absolute atomic E-state index is 11.9. The summed E-state index contributed by atoms with van der Waals surface area (Å²) in [6, 6.07) is 14.4. The van der Waals surface area contributed by atoms with Crippen LogP contribution < -0.4 is 10.1 Å². The first-order chi connectivity index (χ1) is 10.0. The van der Waals surface area contributed by atoms with Crippen LogP contribution in [-0.2, 0) is 4.79 Å². The van der Waals surface area contributed by atoms with Gasteiger partial charge in [0.15, 0.2) is 0 Å². The molecule has 1 amide bonds. The number of ether oxygens (including phenoxy) is 1. The molecule has 0 spiro atoms. The number of esters is 1. The molecule has 4 nitrogen and oxygen atoms in total. The molecule has 21 heavy (non-hydrogen) atoms. The van der Waals surface area contributed by atoms with Crippen LogP contribution in [0.15, 0.2) is 48.5 Å². The van der Waals surface area contributed by atoms with Gasteiger partial charge >= 0.3 is 5.97 Å². The summed E-state index contributed by atoms with van der Waals surface area (Å²) in [5.74, 6) is -0.314. The highest BCUT2D eigenvalue weighted by Crippen LogP contribution is 2.12. The Hall–Kier alpha value is -2.62. The fraction of sp³-hybridized carbons (Fsp3) is 0.176. The normalized spacial score (nSPS) is 10.0. The Morgan fingerprint density at radius 2 is 1.67 bits per heavy atom. The number of amides is 1. The summed E-state index contributed by atoms with van der Waals surface area (Å²) in [6.45, 7) is 3.65. The number of carbonyl (C=O) groups excluding carboxylic acids is 2. The molecule has 108 valence electrons. The van der Waals surface area contributed by atoms with Gasteiger partial charge in [0.25, 0.3) is 5.91 Å². The lowest BCUT2D eigenvalue weighted by Crippen LogP contribution is -2.31. The van der Waals surface area contributed by atoms with Crippen LogP contribution in [0.5, 0.6) is 5.75 Å². The van der Waals surface area contributed by atoms with E-state index in [0.717, 1.165) is 11.1 Å². The van der Waals surface area contributed by atoms with Crippen LogP contribution in [0.3, 0.4) is 0 Å². The largest absolute Gasteiger partial charge is 0.425 e. The SMILES string of the molecule is Cc1cccc(OC(=O)CNC(=O)c2cccc(C)c2)c1. The lowest BCUT2D eigenvalue weighted by atomic mass is 10.1. The third-order valence-electron chi connectivity index (χ3n) is 2.89. The molecule has 0 saturated carbocycles. The highest BCUT2D eigenvalue weighted by Gasteiger charge is 2.09. The van der Waals surface area contributed by atoms with Gasteiger partial charge in [0, 0.05) is 5.56 Å². The van der Waals surface area contributed by atoms with Crippen molar-refractivity contribution in [2.24, 2.45) is 0 Å². The van der Waals surface area contributed by atoms with Crippen LogP contribution in [0, 0.1) is 13.8 Å². The molecule has 0 aromatic heterocycles. The number of aryl methyl sites for hydroxylation is 2. The monoisotopic (exact) mass is 283 g/mol. The van der Waals surface area contributed by atoms with Crippen molar-refractivity contribution in [2.45, 2.75) is 13.8 Å². The van der Waals surface area contributed by atoms with E-state index in [1.54, 1.807) is 30.3 Å². The van der Waals surface area contributed by atoms with Crippen molar-refractivity contribution >= 4 is 11.9 Å². The zero-order valence-corrected chi connectivity index (χ0v) is 12.1. The predicted molar refractivity (Wildman–Crippen MR) is 80.3 cm³/mol. The lowest BCUT2D eigenvalue weighted by molar-refractivity contribution is -0.133. The summed E-state index contributed by atoms with van der Waals surface area (Å²) in [7, 11) is 0. The minimum atomic E-state index is -0.499. The molecular weight excluding hydrogens is 266 g/mol. The number of hydrogen-bond donors (Lipinski definition) is 1. The van der Waals surface area contributed by atoms with Crippen LogP contribution in [0.4, 0.5) is 0 Å². The molecule has 2 rings (SSSR count). The van der Waals surface area contributed by atoms with Crippen molar-refractivity contribution in [3.8, 4) is 5.75 Å². The number of carbonyl (C=O) groups is 2. The Kier molecular flexibility index (Phi) is 4.72. The molecule has 0 aliphatic rings. The third kappa shape index (κ3) is 4.45. The highest BCUT2D eigenvalue weighted by atomic mass is 16.5. The Balaban J connectivity index is 1.88. The Bertz CT molecular complexity index is 665. The molecule has 0 unspecified atom stereocenters. The second kappa shape index (κ2) is 6.70. The third-order valence-corrected chi connectivity index (χ3v) is 2.89. The van der Waals surface area contributed by atoms with Gasteiger partial charge in [-0.1, -0.05) is 29.8 Å². The minimum Gasteiger partial charge on any atom is -0.425 e. The zero-order chi connectivity index (χ0) is 15.2. The smallest absolute Gasteiger partial charge is 0.330 e. The molecule has 0 aliphatic heterocycles. The second-order valence-electron chi connectivity index (χ2n) is 4.84. The quantitative estimate of drug-likeness (QED) is 0.693. The van der Waals surface area contributed by atoms with Crippen LogP contribution in [0.2, 0.25) is 0 Å². The van der Waals surface area contributed by atoms with Crippen molar-refractivity contribution < 1.29 is 14.3 Å². The van der Waals surface area contributed by atoms with Crippen LogP contribution in [0.25, 0.3) is 0 Å². The van der Waals surface area contributed by atoms with Crippen LogP contribution in [-0.4, -0.2) is 18.4 Å². The first kappa shape index (κ1) is 14.8. The van der Waals surface area contributed by atoms with Gasteiger partial charge in [-0.3, -0.25) is 4.79 Å². The molecule has 0 saturated heterocycles. The van der Waals surface area contributed by atoms with Crippen molar-refractivity contribution in [1.82, 2.24) is 5.32 Å². The van der Waals surface area contributed by atoms with E-state index in [0.29, 0.717) is 11.3 Å². The summed E-state index contributed by atoms with van der Waals surface area (Å²) in [5, 5.41) is 2.55. The Morgan fingerprint density at radius 1 is 1.00 bits per heavy atom. The van der Waals surface area contributed by atoms with E-state index in [1.807, 2.05) is 32.0 Å². The molecule has 0 bridgehead atoms. The first-order valence-corrected chi connectivity index (χ1v) is 6.67. The predicted octanol–water partition coefficient (Wildman–Crippen LogP) is 2.64. The van der Waals surface area contributed by atoms with Crippen molar-refractivity contribution in [3.05, 3.63) is 65.2 Å². The summed E-state index contributed by atoms with van der Waals surface area (Å²) < 4.78 is 5.15. The average Bonchev–Trinajstić information content (AvgIpc) is 2.45. The summed E-state index contributed by atoms with van der Waals surface area (Å²) in [4.78, 5) is 23.6. The van der Waals surface area contributed by atoms with Gasteiger partial charge < -0.3 is 10.1 Å². The van der Waals surface area contributed by atoms with E-state index in [2.05, 4.69) is 5.32 Å². The average molecular weight is 283 g/mol. The molecule has 0 aliphatic carbocycles. The molecule has 2 aromatic rings. The summed E-state index contributed by atoms with van der Waals surface area (Å²) in [5.41, 5.74) is 2.52. The van der Waals surface area contributed by atoms with E-state index in [9.17, 15) is 9.59 Å². The number of hydrogen-bond acceptors (Lipinski definition) is 3. The van der Waals surface area contributed by atoms with E-state index in [4.69, 9.17) is 4.74 Å². The number of nitrogens with one attached hydrogen (secondary N) is 1. The topological polar surface area (TPSA) is 55.4 Å². The second-order valence-corrected chi connectivity index (χ2v) is 4.84. The maximum Gasteiger partial charge on any atom is 0.330 e. The van der Waals surface area contributed by atoms with Gasteiger partial charge in [0.2, 0.25) is 0 Å². The van der Waals surface area contributed by atoms with Gasteiger partial charge in [0.1, 0.15) is 12.3 Å². The highest BCUT2D eigenvalue weighted by molar-refractivity contribution is 5.96. The number of rotatable bonds is 4. The Morgan fingerprint density at radius 3 is 2.33 bits per heavy atom. The van der Waals surface area contributed by atoms with E-state index >= 15 is 0 Å². The fourth-order valence-corrected chi connectivity index (χ4v) is 1.89. The molecule has 1 N–H and O–H groups in total. The molecule has 0 atom stereocenters. The fourth-order valence-electron chi connectivity index (χ4n) is 1.89. The van der Waals surface area contributed by atoms with E-state index in [1.165, 1.54) is 0 Å². The van der Waals surface area contributed by atoms with Gasteiger partial charge in [-0.2, -0.15) is 0 Å². The van der Waals surface area contributed by atoms with Crippen molar-refractivity contribution in [2.75, 3.05) is 6.54 Å². The Labute approximate surface area is 123 Å². The zero-order valence-electron chi connectivity index (χ0n) is 12.1. The van der Waals surface area contributed by atoms with Crippen molar-refractivity contribution in [1.29, 1.82) is 0 Å². The van der Waals surface area contributed by atoms with Gasteiger partial charge in [0.05, 0.1) is 0 Å². The van der Waals surface area contributed by atoms with Gasteiger partial charge in [-0.15, -0.1) is 0 Å². The molecular formula is C17H17NO3. The molecule has 2 aromatic carbocycles. The molecule has 0 fully saturated rings. The van der Waals surface area contributed by atoms with Gasteiger partial charge in [-0.05, 0) is 43.7 Å². The molecule has 0 radical (unpaired) electrons. The minimum absolute atomic E-state index is 0.166. The molecule has 0 heterocycles. The van der Waals surface area contributed by atoms with Crippen LogP contribution in [0.1, 0.15) is 21.5 Å². The van der Waals surface area contributed by atoms with E-state index < -0.39 is 5.97 Å². The van der Waals surface area contributed by atoms with Crippen molar-refractivity contribution in [3.63, 3.8) is 0 Å². The maximum atomic E-state index is 11.9. The molecule has 4 heteroatoms.